The van der Waals surface area contributed by atoms with Crippen LogP contribution in [-0.2, 0) is 4.74 Å². The van der Waals surface area contributed by atoms with Crippen LogP contribution in [0.4, 0.5) is 0 Å². The molecular weight excluding hydrogens is 260 g/mol. The number of fused-ring (bicyclic) bond motifs is 1. The molecule has 2 aromatic rings. The van der Waals surface area contributed by atoms with Gasteiger partial charge in [0.1, 0.15) is 0 Å². The maximum Gasteiger partial charge on any atom is 0.357 e. The molecule has 0 amide bonds. The molecule has 4 nitrogen and oxygen atoms in total. The minimum atomic E-state index is -0.368. The van der Waals surface area contributed by atoms with Crippen molar-refractivity contribution < 1.29 is 9.53 Å². The molecule has 2 rings (SSSR count). The van der Waals surface area contributed by atoms with Gasteiger partial charge >= 0.3 is 5.97 Å². The van der Waals surface area contributed by atoms with Crippen molar-refractivity contribution in [1.82, 2.24) is 9.61 Å². The molecule has 0 radical (unpaired) electrons. The zero-order valence-corrected chi connectivity index (χ0v) is 9.69. The second-order valence-electron chi connectivity index (χ2n) is 2.95. The van der Waals surface area contributed by atoms with Gasteiger partial charge in [0.25, 0.3) is 0 Å². The number of halogens is 1. The van der Waals surface area contributed by atoms with E-state index in [4.69, 9.17) is 4.74 Å². The SMILES string of the molecule is CCOC(=O)c1cc(Br)cc2ccnn12. The smallest absolute Gasteiger partial charge is 0.357 e. The Morgan fingerprint density at radius 2 is 2.40 bits per heavy atom. The van der Waals surface area contributed by atoms with Crippen molar-refractivity contribution in [2.45, 2.75) is 6.92 Å². The first-order chi connectivity index (χ1) is 7.22. The van der Waals surface area contributed by atoms with Gasteiger partial charge in [0.2, 0.25) is 0 Å². The number of esters is 1. The van der Waals surface area contributed by atoms with Crippen LogP contribution in [0.25, 0.3) is 5.52 Å². The quantitative estimate of drug-likeness (QED) is 0.785. The van der Waals surface area contributed by atoms with E-state index in [0.717, 1.165) is 9.99 Å². The van der Waals surface area contributed by atoms with Crippen LogP contribution in [0.1, 0.15) is 17.4 Å². The van der Waals surface area contributed by atoms with E-state index in [1.165, 1.54) is 0 Å². The summed E-state index contributed by atoms with van der Waals surface area (Å²) >= 11 is 3.34. The van der Waals surface area contributed by atoms with Crippen LogP contribution >= 0.6 is 15.9 Å². The number of aromatic nitrogens is 2. The summed E-state index contributed by atoms with van der Waals surface area (Å²) in [4.78, 5) is 11.6. The van der Waals surface area contributed by atoms with Gasteiger partial charge in [-0.2, -0.15) is 5.10 Å². The highest BCUT2D eigenvalue weighted by Gasteiger charge is 2.12. The van der Waals surface area contributed by atoms with Crippen molar-refractivity contribution in [3.63, 3.8) is 0 Å². The Labute approximate surface area is 95.0 Å². The summed E-state index contributed by atoms with van der Waals surface area (Å²) < 4.78 is 7.33. The van der Waals surface area contributed by atoms with Gasteiger partial charge in [0.05, 0.1) is 18.3 Å². The number of nitrogens with zero attached hydrogens (tertiary/aromatic N) is 2. The molecule has 2 aromatic heterocycles. The van der Waals surface area contributed by atoms with Crippen LogP contribution < -0.4 is 0 Å². The van der Waals surface area contributed by atoms with Gasteiger partial charge in [-0.05, 0) is 25.1 Å². The lowest BCUT2D eigenvalue weighted by Crippen LogP contribution is -2.10. The van der Waals surface area contributed by atoms with E-state index in [1.807, 2.05) is 12.1 Å². The van der Waals surface area contributed by atoms with E-state index in [9.17, 15) is 4.79 Å². The number of hydrogen-bond donors (Lipinski definition) is 0. The first kappa shape index (κ1) is 10.2. The van der Waals surface area contributed by atoms with E-state index >= 15 is 0 Å². The third kappa shape index (κ3) is 1.87. The fourth-order valence-corrected chi connectivity index (χ4v) is 1.80. The van der Waals surface area contributed by atoms with Crippen LogP contribution in [0, 0.1) is 0 Å². The number of carbonyl (C=O) groups is 1. The Kier molecular flexibility index (Phi) is 2.73. The van der Waals surface area contributed by atoms with Crippen molar-refractivity contribution in [3.05, 3.63) is 34.6 Å². The molecule has 15 heavy (non-hydrogen) atoms. The largest absolute Gasteiger partial charge is 0.461 e. The molecule has 5 heteroatoms. The zero-order chi connectivity index (χ0) is 10.8. The number of hydrogen-bond acceptors (Lipinski definition) is 3. The predicted molar refractivity (Wildman–Crippen MR) is 58.8 cm³/mol. The van der Waals surface area contributed by atoms with Crippen LogP contribution in [-0.4, -0.2) is 22.2 Å². The van der Waals surface area contributed by atoms with E-state index in [0.29, 0.717) is 12.3 Å². The molecule has 0 aliphatic rings. The second kappa shape index (κ2) is 4.02. The van der Waals surface area contributed by atoms with Crippen LogP contribution in [0.3, 0.4) is 0 Å². The highest BCUT2D eigenvalue weighted by molar-refractivity contribution is 9.10. The maximum atomic E-state index is 11.6. The average Bonchev–Trinajstić information content (AvgIpc) is 2.64. The number of pyridine rings is 1. The van der Waals surface area contributed by atoms with Gasteiger partial charge in [0, 0.05) is 4.47 Å². The molecule has 0 aromatic carbocycles. The molecule has 0 unspecified atom stereocenters. The molecule has 0 bridgehead atoms. The third-order valence-electron chi connectivity index (χ3n) is 1.95. The Bertz CT molecular complexity index is 507. The molecule has 0 aliphatic carbocycles. The van der Waals surface area contributed by atoms with Gasteiger partial charge in [-0.25, -0.2) is 9.31 Å². The molecule has 0 fully saturated rings. The fourth-order valence-electron chi connectivity index (χ4n) is 1.35. The second-order valence-corrected chi connectivity index (χ2v) is 3.86. The van der Waals surface area contributed by atoms with Gasteiger partial charge < -0.3 is 4.74 Å². The monoisotopic (exact) mass is 268 g/mol. The Morgan fingerprint density at radius 1 is 1.60 bits per heavy atom. The standard InChI is InChI=1S/C10H9BrN2O2/c1-2-15-10(14)9-6-7(11)5-8-3-4-12-13(8)9/h3-6H,2H2,1H3. The normalized spacial score (nSPS) is 10.5. The third-order valence-corrected chi connectivity index (χ3v) is 2.40. The molecular formula is C10H9BrN2O2. The molecule has 0 aliphatic heterocycles. The number of ether oxygens (including phenoxy) is 1. The fraction of sp³-hybridized carbons (Fsp3) is 0.200. The minimum Gasteiger partial charge on any atom is -0.461 e. The van der Waals surface area contributed by atoms with Crippen LogP contribution in [0.15, 0.2) is 28.9 Å². The first-order valence-electron chi connectivity index (χ1n) is 4.53. The zero-order valence-electron chi connectivity index (χ0n) is 8.11. The van der Waals surface area contributed by atoms with Crippen molar-refractivity contribution in [1.29, 1.82) is 0 Å². The number of carbonyl (C=O) groups excluding carboxylic acids is 1. The maximum absolute atomic E-state index is 11.6. The predicted octanol–water partition coefficient (Wildman–Crippen LogP) is 2.27. The molecule has 2 heterocycles. The summed E-state index contributed by atoms with van der Waals surface area (Å²) in [7, 11) is 0. The molecule has 0 saturated heterocycles. The Morgan fingerprint density at radius 3 is 3.13 bits per heavy atom. The molecule has 0 saturated carbocycles. The minimum absolute atomic E-state index is 0.355. The van der Waals surface area contributed by atoms with Gasteiger partial charge in [0.15, 0.2) is 5.69 Å². The van der Waals surface area contributed by atoms with E-state index in [2.05, 4.69) is 21.0 Å². The van der Waals surface area contributed by atoms with Crippen LogP contribution in [0.5, 0.6) is 0 Å². The lowest BCUT2D eigenvalue weighted by atomic mass is 10.3. The Balaban J connectivity index is 2.57. The average molecular weight is 269 g/mol. The lowest BCUT2D eigenvalue weighted by molar-refractivity contribution is 0.0516. The van der Waals surface area contributed by atoms with Crippen molar-refractivity contribution >= 4 is 27.4 Å². The van der Waals surface area contributed by atoms with Gasteiger partial charge in [-0.15, -0.1) is 0 Å². The highest BCUT2D eigenvalue weighted by Crippen LogP contribution is 2.17. The summed E-state index contributed by atoms with van der Waals surface area (Å²) in [5, 5.41) is 4.06. The summed E-state index contributed by atoms with van der Waals surface area (Å²) in [6, 6.07) is 5.40. The van der Waals surface area contributed by atoms with Crippen LogP contribution in [0.2, 0.25) is 0 Å². The van der Waals surface area contributed by atoms with Gasteiger partial charge in [-0.3, -0.25) is 0 Å². The van der Waals surface area contributed by atoms with Gasteiger partial charge in [-0.1, -0.05) is 15.9 Å². The number of rotatable bonds is 2. The summed E-state index contributed by atoms with van der Waals surface area (Å²) in [6.45, 7) is 2.13. The van der Waals surface area contributed by atoms with Crippen molar-refractivity contribution in [3.8, 4) is 0 Å². The highest BCUT2D eigenvalue weighted by atomic mass is 79.9. The topological polar surface area (TPSA) is 43.6 Å². The lowest BCUT2D eigenvalue weighted by Gasteiger charge is -2.04. The summed E-state index contributed by atoms with van der Waals surface area (Å²) in [5.74, 6) is -0.368. The van der Waals surface area contributed by atoms with Crippen molar-refractivity contribution in [2.75, 3.05) is 6.61 Å². The summed E-state index contributed by atoms with van der Waals surface area (Å²) in [6.07, 6.45) is 1.64. The molecule has 0 N–H and O–H groups in total. The summed E-state index contributed by atoms with van der Waals surface area (Å²) in [5.41, 5.74) is 1.28. The van der Waals surface area contributed by atoms with Crippen molar-refractivity contribution in [2.24, 2.45) is 0 Å². The van der Waals surface area contributed by atoms with E-state index < -0.39 is 0 Å². The Hall–Kier alpha value is -1.36. The molecule has 0 atom stereocenters. The molecule has 0 spiro atoms. The van der Waals surface area contributed by atoms with E-state index in [1.54, 1.807) is 23.7 Å². The van der Waals surface area contributed by atoms with E-state index in [-0.39, 0.29) is 5.97 Å². The first-order valence-corrected chi connectivity index (χ1v) is 5.32. The molecule has 78 valence electrons.